The van der Waals surface area contributed by atoms with Gasteiger partial charge in [0.1, 0.15) is 5.69 Å². The number of aliphatic hydroxyl groups excluding tert-OH is 1. The Morgan fingerprint density at radius 2 is 2.15 bits per heavy atom. The minimum atomic E-state index is -4.52. The lowest BCUT2D eigenvalue weighted by Gasteiger charge is -2.21. The van der Waals surface area contributed by atoms with Gasteiger partial charge < -0.3 is 10.4 Å². The third-order valence-corrected chi connectivity index (χ3v) is 3.88. The number of nitrogens with one attached hydrogen (secondary N) is 1. The lowest BCUT2D eigenvalue weighted by atomic mass is 10.2. The number of alkyl halides is 3. The number of hydrogen-bond donors (Lipinski definition) is 2. The highest BCUT2D eigenvalue weighted by atomic mass is 32.2. The minimum absolute atomic E-state index is 0.0441. The van der Waals surface area contributed by atoms with Crippen molar-refractivity contribution >= 4 is 17.7 Å². The summed E-state index contributed by atoms with van der Waals surface area (Å²) in [6, 6.07) is 1.52. The first-order valence-electron chi connectivity index (χ1n) is 5.77. The van der Waals surface area contributed by atoms with Crippen molar-refractivity contribution in [3.63, 3.8) is 0 Å². The van der Waals surface area contributed by atoms with E-state index < -0.39 is 17.8 Å². The van der Waals surface area contributed by atoms with E-state index in [2.05, 4.69) is 10.3 Å². The van der Waals surface area contributed by atoms with E-state index in [1.807, 2.05) is 0 Å². The number of aliphatic hydroxyl groups is 1. The number of nitrogens with zero attached hydrogens (tertiary/aromatic N) is 1. The number of hydrogen-bond acceptors (Lipinski definition) is 4. The summed E-state index contributed by atoms with van der Waals surface area (Å²) in [5.41, 5.74) is -0.998. The van der Waals surface area contributed by atoms with Crippen LogP contribution in [0.4, 0.5) is 13.2 Å². The Labute approximate surface area is 118 Å². The predicted molar refractivity (Wildman–Crippen MR) is 70.6 cm³/mol. The van der Waals surface area contributed by atoms with Crippen molar-refractivity contribution in [3.8, 4) is 0 Å². The lowest BCUT2D eigenvalue weighted by molar-refractivity contribution is -0.141. The number of amides is 1. The van der Waals surface area contributed by atoms with E-state index >= 15 is 0 Å². The van der Waals surface area contributed by atoms with Crippen LogP contribution in [0.5, 0.6) is 0 Å². The first-order chi connectivity index (χ1) is 9.29. The molecule has 0 spiro atoms. The second-order valence-corrected chi connectivity index (χ2v) is 5.23. The number of halogens is 3. The Balaban J connectivity index is 2.73. The van der Waals surface area contributed by atoms with Gasteiger partial charge in [-0.3, -0.25) is 9.78 Å². The van der Waals surface area contributed by atoms with Gasteiger partial charge in [0.15, 0.2) is 0 Å². The van der Waals surface area contributed by atoms with E-state index in [1.165, 1.54) is 11.8 Å². The molecule has 1 heterocycles. The molecule has 2 unspecified atom stereocenters. The Morgan fingerprint density at radius 1 is 1.50 bits per heavy atom. The number of carbonyl (C=O) groups excluding carboxylic acids is 1. The predicted octanol–water partition coefficient (Wildman–Crippen LogP) is 1.94. The quantitative estimate of drug-likeness (QED) is 0.873. The van der Waals surface area contributed by atoms with Crippen LogP contribution in [-0.2, 0) is 6.18 Å². The van der Waals surface area contributed by atoms with E-state index in [4.69, 9.17) is 5.11 Å². The Bertz CT molecular complexity index is 447. The molecule has 1 amide bonds. The van der Waals surface area contributed by atoms with Gasteiger partial charge in [-0.1, -0.05) is 0 Å². The molecule has 0 bridgehead atoms. The van der Waals surface area contributed by atoms with Gasteiger partial charge in [-0.05, 0) is 25.3 Å². The molecule has 112 valence electrons. The number of carbonyl (C=O) groups is 1. The van der Waals surface area contributed by atoms with Crippen LogP contribution >= 0.6 is 11.8 Å². The molecule has 1 rings (SSSR count). The second-order valence-electron chi connectivity index (χ2n) is 4.15. The largest absolute Gasteiger partial charge is 0.433 e. The molecule has 1 aromatic rings. The van der Waals surface area contributed by atoms with Crippen molar-refractivity contribution in [2.75, 3.05) is 12.9 Å². The molecule has 0 aliphatic carbocycles. The van der Waals surface area contributed by atoms with Gasteiger partial charge in [0.05, 0.1) is 12.2 Å². The zero-order valence-corrected chi connectivity index (χ0v) is 11.8. The van der Waals surface area contributed by atoms with Crippen LogP contribution in [-0.4, -0.2) is 40.2 Å². The summed E-state index contributed by atoms with van der Waals surface area (Å²) in [5.74, 6) is -0.522. The van der Waals surface area contributed by atoms with Crippen LogP contribution in [0.15, 0.2) is 18.3 Å². The molecule has 0 aliphatic rings. The maximum Gasteiger partial charge on any atom is 0.433 e. The topological polar surface area (TPSA) is 62.2 Å². The number of pyridine rings is 1. The van der Waals surface area contributed by atoms with Crippen molar-refractivity contribution in [1.29, 1.82) is 0 Å². The lowest BCUT2D eigenvalue weighted by Crippen LogP contribution is -2.41. The van der Waals surface area contributed by atoms with Crippen molar-refractivity contribution in [1.82, 2.24) is 10.3 Å². The van der Waals surface area contributed by atoms with Gasteiger partial charge >= 0.3 is 6.18 Å². The summed E-state index contributed by atoms with van der Waals surface area (Å²) in [6.45, 7) is 1.61. The molecule has 0 saturated carbocycles. The first-order valence-corrected chi connectivity index (χ1v) is 7.06. The summed E-state index contributed by atoms with van der Waals surface area (Å²) in [4.78, 5) is 15.1. The average molecular weight is 308 g/mol. The maximum absolute atomic E-state index is 12.3. The SMILES string of the molecule is CSC(CO)C(C)NC(=O)c1ccc(C(F)(F)F)nc1. The Kier molecular flexibility index (Phi) is 5.82. The Hall–Kier alpha value is -1.28. The zero-order chi connectivity index (χ0) is 15.3. The van der Waals surface area contributed by atoms with Crippen LogP contribution in [0.3, 0.4) is 0 Å². The van der Waals surface area contributed by atoms with E-state index in [-0.39, 0.29) is 23.5 Å². The van der Waals surface area contributed by atoms with Crippen LogP contribution in [0.25, 0.3) is 0 Å². The fraction of sp³-hybridized carbons (Fsp3) is 0.500. The molecule has 20 heavy (non-hydrogen) atoms. The summed E-state index contributed by atoms with van der Waals surface area (Å²) in [7, 11) is 0. The highest BCUT2D eigenvalue weighted by molar-refractivity contribution is 7.99. The fourth-order valence-corrected chi connectivity index (χ4v) is 2.14. The molecule has 2 atom stereocenters. The van der Waals surface area contributed by atoms with Gasteiger partial charge in [-0.15, -0.1) is 0 Å². The molecular weight excluding hydrogens is 293 g/mol. The standard InChI is InChI=1S/C12H15F3N2O2S/c1-7(9(6-18)20-2)17-11(19)8-3-4-10(16-5-8)12(13,14)15/h3-5,7,9,18H,6H2,1-2H3,(H,17,19). The zero-order valence-electron chi connectivity index (χ0n) is 10.9. The van der Waals surface area contributed by atoms with Gasteiger partial charge in [0.25, 0.3) is 5.91 Å². The number of thioether (sulfide) groups is 1. The fourth-order valence-electron chi connectivity index (χ4n) is 1.52. The first kappa shape index (κ1) is 16.8. The molecule has 0 saturated heterocycles. The molecule has 0 aromatic carbocycles. The van der Waals surface area contributed by atoms with Crippen molar-refractivity contribution in [2.24, 2.45) is 0 Å². The van der Waals surface area contributed by atoms with Gasteiger partial charge in [0, 0.05) is 17.5 Å². The number of rotatable bonds is 5. The molecule has 0 fully saturated rings. The van der Waals surface area contributed by atoms with E-state index in [0.717, 1.165) is 18.3 Å². The van der Waals surface area contributed by atoms with Crippen molar-refractivity contribution in [2.45, 2.75) is 24.4 Å². The van der Waals surface area contributed by atoms with Crippen molar-refractivity contribution < 1.29 is 23.1 Å². The third kappa shape index (κ3) is 4.38. The molecule has 1 aromatic heterocycles. The third-order valence-electron chi connectivity index (χ3n) is 2.72. The number of aromatic nitrogens is 1. The average Bonchev–Trinajstić information content (AvgIpc) is 2.39. The van der Waals surface area contributed by atoms with E-state index in [9.17, 15) is 18.0 Å². The monoisotopic (exact) mass is 308 g/mol. The highest BCUT2D eigenvalue weighted by Crippen LogP contribution is 2.27. The second kappa shape index (κ2) is 6.94. The minimum Gasteiger partial charge on any atom is -0.395 e. The molecule has 0 radical (unpaired) electrons. The van der Waals surface area contributed by atoms with Crippen LogP contribution < -0.4 is 5.32 Å². The van der Waals surface area contributed by atoms with Gasteiger partial charge in [-0.2, -0.15) is 24.9 Å². The Morgan fingerprint density at radius 3 is 2.55 bits per heavy atom. The van der Waals surface area contributed by atoms with E-state index in [0.29, 0.717) is 0 Å². The van der Waals surface area contributed by atoms with Crippen LogP contribution in [0.2, 0.25) is 0 Å². The summed E-state index contributed by atoms with van der Waals surface area (Å²) in [5, 5.41) is 11.5. The van der Waals surface area contributed by atoms with Gasteiger partial charge in [-0.25, -0.2) is 0 Å². The summed E-state index contributed by atoms with van der Waals surface area (Å²) in [6.07, 6.45) is -1.84. The molecule has 2 N–H and O–H groups in total. The van der Waals surface area contributed by atoms with Gasteiger partial charge in [0.2, 0.25) is 0 Å². The normalized spacial score (nSPS) is 14.7. The van der Waals surface area contributed by atoms with Crippen molar-refractivity contribution in [3.05, 3.63) is 29.6 Å². The molecular formula is C12H15F3N2O2S. The smallest absolute Gasteiger partial charge is 0.395 e. The highest BCUT2D eigenvalue weighted by Gasteiger charge is 2.32. The maximum atomic E-state index is 12.3. The summed E-state index contributed by atoms with van der Waals surface area (Å²) >= 11 is 1.39. The van der Waals surface area contributed by atoms with Crippen LogP contribution in [0, 0.1) is 0 Å². The van der Waals surface area contributed by atoms with E-state index in [1.54, 1.807) is 13.2 Å². The summed E-state index contributed by atoms with van der Waals surface area (Å²) < 4.78 is 37.0. The van der Waals surface area contributed by atoms with Crippen LogP contribution in [0.1, 0.15) is 23.0 Å². The molecule has 8 heteroatoms. The molecule has 0 aliphatic heterocycles. The molecule has 4 nitrogen and oxygen atoms in total.